The highest BCUT2D eigenvalue weighted by Crippen LogP contribution is 2.35. The van der Waals surface area contributed by atoms with Crippen molar-refractivity contribution in [1.29, 1.82) is 0 Å². The summed E-state index contributed by atoms with van der Waals surface area (Å²) in [5.74, 6) is -0.350. The third-order valence-electron chi connectivity index (χ3n) is 3.61. The molecule has 1 fully saturated rings. The van der Waals surface area contributed by atoms with Gasteiger partial charge in [0.2, 0.25) is 0 Å². The van der Waals surface area contributed by atoms with Crippen LogP contribution in [-0.4, -0.2) is 48.5 Å². The fraction of sp³-hybridized carbons (Fsp3) is 0.545. The van der Waals surface area contributed by atoms with Crippen LogP contribution in [0.25, 0.3) is 11.2 Å². The van der Waals surface area contributed by atoms with Crippen LogP contribution < -0.4 is 5.73 Å². The van der Waals surface area contributed by atoms with Gasteiger partial charge < -0.3 is 20.7 Å². The zero-order chi connectivity index (χ0) is 14.4. The van der Waals surface area contributed by atoms with Gasteiger partial charge in [-0.2, -0.15) is 14.4 Å². The van der Waals surface area contributed by atoms with E-state index in [0.29, 0.717) is 0 Å². The second kappa shape index (κ2) is 4.62. The molecule has 4 N–H and O–H groups in total. The first-order valence-electron chi connectivity index (χ1n) is 6.13. The molecule has 0 spiro atoms. The van der Waals surface area contributed by atoms with Gasteiger partial charge in [-0.1, -0.05) is 6.92 Å². The van der Waals surface area contributed by atoms with Crippen LogP contribution in [0.4, 0.5) is 10.2 Å². The van der Waals surface area contributed by atoms with Crippen LogP contribution in [0.1, 0.15) is 13.2 Å². The fourth-order valence-corrected chi connectivity index (χ4v) is 2.40. The van der Waals surface area contributed by atoms with Gasteiger partial charge in [0, 0.05) is 5.92 Å². The number of imidazole rings is 1. The van der Waals surface area contributed by atoms with Crippen LogP contribution in [0.2, 0.25) is 0 Å². The van der Waals surface area contributed by atoms with Crippen LogP contribution in [0.3, 0.4) is 0 Å². The number of nitrogen functional groups attached to an aromatic ring is 1. The average Bonchev–Trinajstić information content (AvgIpc) is 2.93. The number of aromatic nitrogens is 4. The van der Waals surface area contributed by atoms with Gasteiger partial charge in [0.15, 0.2) is 23.2 Å². The number of anilines is 1. The Morgan fingerprint density at radius 1 is 1.50 bits per heavy atom. The molecule has 1 aliphatic heterocycles. The highest BCUT2D eigenvalue weighted by molar-refractivity contribution is 5.81. The summed E-state index contributed by atoms with van der Waals surface area (Å²) in [5.41, 5.74) is 5.96. The van der Waals surface area contributed by atoms with Crippen LogP contribution >= 0.6 is 0 Å². The summed E-state index contributed by atoms with van der Waals surface area (Å²) in [4.78, 5) is 11.0. The van der Waals surface area contributed by atoms with E-state index in [4.69, 9.17) is 10.5 Å². The Morgan fingerprint density at radius 3 is 2.90 bits per heavy atom. The molecule has 108 valence electrons. The first-order valence-corrected chi connectivity index (χ1v) is 6.13. The lowest BCUT2D eigenvalue weighted by atomic mass is 10.0. The second-order valence-corrected chi connectivity index (χ2v) is 4.80. The lowest BCUT2D eigenvalue weighted by Crippen LogP contribution is -2.25. The number of fused-ring (bicyclic) bond motifs is 1. The monoisotopic (exact) mass is 283 g/mol. The Labute approximate surface area is 113 Å². The van der Waals surface area contributed by atoms with Crippen LogP contribution in [0.5, 0.6) is 0 Å². The van der Waals surface area contributed by atoms with E-state index in [-0.39, 0.29) is 29.5 Å². The first kappa shape index (κ1) is 13.2. The Hall–Kier alpha value is -1.84. The molecule has 9 heteroatoms. The van der Waals surface area contributed by atoms with Gasteiger partial charge in [-0.3, -0.25) is 4.57 Å². The van der Waals surface area contributed by atoms with Crippen molar-refractivity contribution in [2.45, 2.75) is 25.4 Å². The molecule has 4 atom stereocenters. The zero-order valence-corrected chi connectivity index (χ0v) is 10.6. The van der Waals surface area contributed by atoms with Crippen molar-refractivity contribution in [2.75, 3.05) is 12.3 Å². The maximum atomic E-state index is 13.3. The van der Waals surface area contributed by atoms with Gasteiger partial charge in [0.05, 0.1) is 19.0 Å². The summed E-state index contributed by atoms with van der Waals surface area (Å²) in [5, 5.41) is 19.4. The Balaban J connectivity index is 2.07. The molecule has 0 aromatic carbocycles. The summed E-state index contributed by atoms with van der Waals surface area (Å²) in [7, 11) is 0. The lowest BCUT2D eigenvalue weighted by molar-refractivity contribution is -0.0492. The molecular weight excluding hydrogens is 269 g/mol. The van der Waals surface area contributed by atoms with Gasteiger partial charge in [0.25, 0.3) is 0 Å². The van der Waals surface area contributed by atoms with Gasteiger partial charge >= 0.3 is 6.08 Å². The van der Waals surface area contributed by atoms with Gasteiger partial charge in [-0.05, 0) is 0 Å². The predicted molar refractivity (Wildman–Crippen MR) is 65.9 cm³/mol. The van der Waals surface area contributed by atoms with E-state index < -0.39 is 24.5 Å². The molecule has 0 saturated carbocycles. The minimum absolute atomic E-state index is 0.0782. The van der Waals surface area contributed by atoms with Crippen LogP contribution in [0, 0.1) is 12.0 Å². The van der Waals surface area contributed by atoms with E-state index >= 15 is 0 Å². The summed E-state index contributed by atoms with van der Waals surface area (Å²) in [6, 6.07) is 0. The second-order valence-electron chi connectivity index (χ2n) is 4.80. The molecule has 8 nitrogen and oxygen atoms in total. The molecule has 0 amide bonds. The predicted octanol–water partition coefficient (Wildman–Crippen LogP) is -0.566. The Bertz CT molecular complexity index is 648. The molecule has 2 aromatic rings. The normalized spacial score (nSPS) is 30.2. The Kier molecular flexibility index (Phi) is 3.04. The molecule has 3 heterocycles. The quantitative estimate of drug-likeness (QED) is 0.631. The third-order valence-corrected chi connectivity index (χ3v) is 3.61. The topological polar surface area (TPSA) is 119 Å². The van der Waals surface area contributed by atoms with Crippen LogP contribution in [0.15, 0.2) is 6.33 Å². The van der Waals surface area contributed by atoms with Gasteiger partial charge in [-0.25, -0.2) is 4.98 Å². The molecule has 20 heavy (non-hydrogen) atoms. The number of hydrogen-bond acceptors (Lipinski definition) is 7. The largest absolute Gasteiger partial charge is 0.394 e. The number of aliphatic hydroxyl groups is 2. The van der Waals surface area contributed by atoms with Crippen molar-refractivity contribution in [3.8, 4) is 0 Å². The highest BCUT2D eigenvalue weighted by atomic mass is 19.1. The SMILES string of the molecule is CC1C(CO)OC(n2cnc3c(N)nc(F)nc32)C1O. The van der Waals surface area contributed by atoms with Crippen molar-refractivity contribution < 1.29 is 19.3 Å². The van der Waals surface area contributed by atoms with E-state index in [9.17, 15) is 14.6 Å². The highest BCUT2D eigenvalue weighted by Gasteiger charge is 2.42. The van der Waals surface area contributed by atoms with E-state index in [0.717, 1.165) is 0 Å². The molecular formula is C11H14FN5O3. The zero-order valence-electron chi connectivity index (χ0n) is 10.6. The number of rotatable bonds is 2. The minimum atomic E-state index is -0.976. The van der Waals surface area contributed by atoms with E-state index in [1.165, 1.54) is 10.9 Å². The van der Waals surface area contributed by atoms with Crippen LogP contribution in [-0.2, 0) is 4.74 Å². The molecule has 3 rings (SSSR count). The van der Waals surface area contributed by atoms with E-state index in [1.54, 1.807) is 6.92 Å². The Morgan fingerprint density at radius 2 is 2.25 bits per heavy atom. The third kappa shape index (κ3) is 1.82. The van der Waals surface area contributed by atoms with Crippen molar-refractivity contribution >= 4 is 17.0 Å². The molecule has 0 aliphatic carbocycles. The molecule has 4 unspecified atom stereocenters. The summed E-state index contributed by atoms with van der Waals surface area (Å²) < 4.78 is 20.2. The van der Waals surface area contributed by atoms with Crippen molar-refractivity contribution in [3.63, 3.8) is 0 Å². The number of hydrogen-bond donors (Lipinski definition) is 3. The van der Waals surface area contributed by atoms with Crippen molar-refractivity contribution in [1.82, 2.24) is 19.5 Å². The smallest absolute Gasteiger partial charge is 0.312 e. The number of halogens is 1. The minimum Gasteiger partial charge on any atom is -0.394 e. The molecule has 0 radical (unpaired) electrons. The van der Waals surface area contributed by atoms with E-state index in [1.807, 2.05) is 0 Å². The average molecular weight is 283 g/mol. The summed E-state index contributed by atoms with van der Waals surface area (Å²) >= 11 is 0. The molecule has 1 saturated heterocycles. The number of aliphatic hydroxyl groups excluding tert-OH is 2. The van der Waals surface area contributed by atoms with Gasteiger partial charge in [-0.15, -0.1) is 0 Å². The lowest BCUT2D eigenvalue weighted by Gasteiger charge is -2.16. The maximum absolute atomic E-state index is 13.3. The maximum Gasteiger partial charge on any atom is 0.312 e. The number of nitrogens with zero attached hydrogens (tertiary/aromatic N) is 4. The van der Waals surface area contributed by atoms with Crippen molar-refractivity contribution in [3.05, 3.63) is 12.4 Å². The summed E-state index contributed by atoms with van der Waals surface area (Å²) in [6.07, 6.45) is -1.80. The van der Waals surface area contributed by atoms with E-state index in [2.05, 4.69) is 15.0 Å². The van der Waals surface area contributed by atoms with Gasteiger partial charge in [0.1, 0.15) is 6.10 Å². The molecule has 1 aliphatic rings. The molecule has 2 aromatic heterocycles. The van der Waals surface area contributed by atoms with Crippen molar-refractivity contribution in [2.24, 2.45) is 5.92 Å². The summed E-state index contributed by atoms with van der Waals surface area (Å²) in [6.45, 7) is 1.54. The number of nitrogens with two attached hydrogens (primary N) is 1. The fourth-order valence-electron chi connectivity index (χ4n) is 2.40. The molecule has 0 bridgehead atoms. The number of ether oxygens (including phenoxy) is 1. The standard InChI is InChI=1S/C11H14FN5O3/c1-4-5(2-18)20-10(7(4)19)17-3-14-6-8(13)15-11(12)16-9(6)17/h3-5,7,10,18-19H,2H2,1H3,(H2,13,15,16). The first-order chi connectivity index (χ1) is 9.52.